The molecule has 10 heteroatoms. The summed E-state index contributed by atoms with van der Waals surface area (Å²) >= 11 is 0. The molecule has 0 radical (unpaired) electrons. The Kier molecular flexibility index (Phi) is 6.82. The second kappa shape index (κ2) is 10.1. The summed E-state index contributed by atoms with van der Waals surface area (Å²) in [5.74, 6) is -0.550. The molecule has 0 unspecified atom stereocenters. The Balaban J connectivity index is 1.56. The fraction of sp³-hybridized carbons (Fsp3) is 0.333. The minimum atomic E-state index is -0.870. The first-order chi connectivity index (χ1) is 16.5. The lowest BCUT2D eigenvalue weighted by atomic mass is 9.81. The van der Waals surface area contributed by atoms with Crippen molar-refractivity contribution in [2.24, 2.45) is 0 Å². The van der Waals surface area contributed by atoms with Crippen LogP contribution in [-0.2, 0) is 14.3 Å². The number of ether oxygens (including phenoxy) is 1. The first-order valence-electron chi connectivity index (χ1n) is 11.0. The Labute approximate surface area is 196 Å². The lowest BCUT2D eigenvalue weighted by Gasteiger charge is -2.38. The van der Waals surface area contributed by atoms with Crippen molar-refractivity contribution in [3.63, 3.8) is 0 Å². The van der Waals surface area contributed by atoms with Crippen LogP contribution in [0.2, 0.25) is 0 Å². The van der Waals surface area contributed by atoms with Gasteiger partial charge in [0, 0.05) is 18.7 Å². The van der Waals surface area contributed by atoms with Gasteiger partial charge in [-0.25, -0.2) is 4.79 Å². The van der Waals surface area contributed by atoms with Crippen LogP contribution in [0.5, 0.6) is 0 Å². The summed E-state index contributed by atoms with van der Waals surface area (Å²) in [5, 5.41) is 21.4. The number of carbonyl (C=O) groups is 2. The minimum absolute atomic E-state index is 0.0260. The van der Waals surface area contributed by atoms with Gasteiger partial charge in [-0.15, -0.1) is 5.10 Å². The lowest BCUT2D eigenvalue weighted by molar-refractivity contribution is -0.149. The molecule has 1 saturated carbocycles. The van der Waals surface area contributed by atoms with Crippen molar-refractivity contribution >= 4 is 23.6 Å². The summed E-state index contributed by atoms with van der Waals surface area (Å²) < 4.78 is 12.0. The highest BCUT2D eigenvalue weighted by Gasteiger charge is 2.39. The molecule has 1 aliphatic rings. The van der Waals surface area contributed by atoms with E-state index in [1.165, 1.54) is 21.9 Å². The van der Waals surface area contributed by atoms with E-state index in [0.29, 0.717) is 30.0 Å². The van der Waals surface area contributed by atoms with E-state index in [-0.39, 0.29) is 5.70 Å². The molecule has 1 fully saturated rings. The number of rotatable bonds is 7. The zero-order valence-electron chi connectivity index (χ0n) is 18.8. The van der Waals surface area contributed by atoms with Crippen LogP contribution < -0.4 is 0 Å². The molecule has 4 rings (SSSR count). The van der Waals surface area contributed by atoms with Gasteiger partial charge in [-0.1, -0.05) is 49.6 Å². The first kappa shape index (κ1) is 22.9. The van der Waals surface area contributed by atoms with E-state index in [9.17, 15) is 14.9 Å². The van der Waals surface area contributed by atoms with Crippen LogP contribution >= 0.6 is 0 Å². The van der Waals surface area contributed by atoms with Crippen LogP contribution in [0.1, 0.15) is 37.9 Å². The van der Waals surface area contributed by atoms with Gasteiger partial charge < -0.3 is 14.1 Å². The van der Waals surface area contributed by atoms with E-state index in [0.717, 1.165) is 19.3 Å². The predicted molar refractivity (Wildman–Crippen MR) is 121 cm³/mol. The topological polar surface area (TPSA) is 127 Å². The number of hydrogen-bond donors (Lipinski definition) is 0. The summed E-state index contributed by atoms with van der Waals surface area (Å²) in [6.45, 7) is -0.517. The van der Waals surface area contributed by atoms with Gasteiger partial charge in [-0.2, -0.15) is 9.94 Å². The van der Waals surface area contributed by atoms with Crippen LogP contribution in [0.3, 0.4) is 0 Å². The number of furan rings is 1. The van der Waals surface area contributed by atoms with Gasteiger partial charge in [0.05, 0.1) is 12.3 Å². The monoisotopic (exact) mass is 460 g/mol. The van der Waals surface area contributed by atoms with Gasteiger partial charge >= 0.3 is 5.97 Å². The van der Waals surface area contributed by atoms with E-state index >= 15 is 0 Å². The number of likely N-dealkylation sites (N-methyl/N-ethyl adjacent to an activating group) is 1. The number of carbonyl (C=O) groups excluding carboxylic acids is 2. The third-order valence-electron chi connectivity index (χ3n) is 5.99. The van der Waals surface area contributed by atoms with E-state index in [2.05, 4.69) is 21.6 Å². The highest BCUT2D eigenvalue weighted by Crippen LogP contribution is 2.32. The number of esters is 1. The molecule has 34 heavy (non-hydrogen) atoms. The van der Waals surface area contributed by atoms with Crippen LogP contribution in [0, 0.1) is 11.3 Å². The standard InChI is InChI=1S/C24H24N6O4/c1-29(24(17-25)12-6-3-7-13-24)21(31)16-34-23(32)20(15-19-11-8-14-33-19)30-22(26-27-28-30)18-9-4-2-5-10-18/h2,4-5,8-11,14-15H,3,6-7,12-13,16H2,1H3/b20-15+. The summed E-state index contributed by atoms with van der Waals surface area (Å²) in [7, 11) is 1.58. The molecule has 3 aromatic rings. The second-order valence-electron chi connectivity index (χ2n) is 8.06. The molecule has 2 heterocycles. The summed E-state index contributed by atoms with van der Waals surface area (Å²) in [6, 6.07) is 14.8. The molecule has 0 spiro atoms. The normalized spacial score (nSPS) is 15.4. The van der Waals surface area contributed by atoms with Crippen molar-refractivity contribution in [2.45, 2.75) is 37.6 Å². The van der Waals surface area contributed by atoms with Gasteiger partial charge in [0.2, 0.25) is 0 Å². The smallest absolute Gasteiger partial charge is 0.357 e. The number of benzene rings is 1. The second-order valence-corrected chi connectivity index (χ2v) is 8.06. The number of hydrogen-bond acceptors (Lipinski definition) is 8. The molecule has 0 saturated heterocycles. The van der Waals surface area contributed by atoms with Gasteiger partial charge in [0.1, 0.15) is 11.3 Å². The maximum absolute atomic E-state index is 13.1. The van der Waals surface area contributed by atoms with Crippen molar-refractivity contribution < 1.29 is 18.7 Å². The largest absolute Gasteiger partial charge is 0.465 e. The summed E-state index contributed by atoms with van der Waals surface area (Å²) in [4.78, 5) is 27.4. The average Bonchev–Trinajstić information content (AvgIpc) is 3.58. The molecule has 0 aliphatic heterocycles. The SMILES string of the molecule is CN(C(=O)COC(=O)/C(=C\c1ccco1)n1nnnc1-c1ccccc1)C1(C#N)CCCCC1. The molecular weight excluding hydrogens is 436 g/mol. The molecule has 0 bridgehead atoms. The summed E-state index contributed by atoms with van der Waals surface area (Å²) in [5.41, 5.74) is -0.207. The molecule has 0 atom stereocenters. The average molecular weight is 460 g/mol. The quantitative estimate of drug-likeness (QED) is 0.389. The van der Waals surface area contributed by atoms with Crippen molar-refractivity contribution in [1.29, 1.82) is 5.26 Å². The number of aromatic nitrogens is 4. The van der Waals surface area contributed by atoms with Crippen molar-refractivity contribution in [1.82, 2.24) is 25.1 Å². The van der Waals surface area contributed by atoms with Gasteiger partial charge in [0.25, 0.3) is 5.91 Å². The van der Waals surface area contributed by atoms with Gasteiger partial charge in [-0.05, 0) is 35.4 Å². The van der Waals surface area contributed by atoms with Crippen LogP contribution in [-0.4, -0.2) is 56.2 Å². The van der Waals surface area contributed by atoms with Crippen LogP contribution in [0.25, 0.3) is 23.2 Å². The van der Waals surface area contributed by atoms with Gasteiger partial charge in [0.15, 0.2) is 18.1 Å². The molecular formula is C24H24N6O4. The van der Waals surface area contributed by atoms with E-state index in [4.69, 9.17) is 9.15 Å². The van der Waals surface area contributed by atoms with Crippen LogP contribution in [0.15, 0.2) is 53.1 Å². The van der Waals surface area contributed by atoms with Crippen molar-refractivity contribution in [2.75, 3.05) is 13.7 Å². The van der Waals surface area contributed by atoms with E-state index in [1.807, 2.05) is 30.3 Å². The maximum Gasteiger partial charge on any atom is 0.357 e. The Morgan fingerprint density at radius 2 is 1.97 bits per heavy atom. The highest BCUT2D eigenvalue weighted by molar-refractivity contribution is 6.15. The summed E-state index contributed by atoms with van der Waals surface area (Å²) in [6.07, 6.45) is 6.92. The molecule has 1 amide bonds. The van der Waals surface area contributed by atoms with Crippen LogP contribution in [0.4, 0.5) is 0 Å². The van der Waals surface area contributed by atoms with Crippen molar-refractivity contribution in [3.8, 4) is 17.5 Å². The Hall–Kier alpha value is -4.26. The lowest BCUT2D eigenvalue weighted by Crippen LogP contribution is -2.51. The highest BCUT2D eigenvalue weighted by atomic mass is 16.5. The third kappa shape index (κ3) is 4.73. The Morgan fingerprint density at radius 3 is 2.65 bits per heavy atom. The minimum Gasteiger partial charge on any atom is -0.465 e. The zero-order chi connectivity index (χ0) is 24.0. The number of tetrazole rings is 1. The molecule has 1 aromatic carbocycles. The van der Waals surface area contributed by atoms with E-state index in [1.54, 1.807) is 19.2 Å². The Morgan fingerprint density at radius 1 is 1.21 bits per heavy atom. The van der Waals surface area contributed by atoms with E-state index < -0.39 is 24.0 Å². The molecule has 10 nitrogen and oxygen atoms in total. The molecule has 2 aromatic heterocycles. The van der Waals surface area contributed by atoms with Crippen molar-refractivity contribution in [3.05, 3.63) is 54.5 Å². The van der Waals surface area contributed by atoms with Gasteiger partial charge in [-0.3, -0.25) is 4.79 Å². The fourth-order valence-electron chi connectivity index (χ4n) is 4.03. The molecule has 174 valence electrons. The molecule has 1 aliphatic carbocycles. The number of nitriles is 1. The molecule has 0 N–H and O–H groups in total. The zero-order valence-corrected chi connectivity index (χ0v) is 18.8. The third-order valence-corrected chi connectivity index (χ3v) is 5.99. The maximum atomic E-state index is 13.1. The predicted octanol–water partition coefficient (Wildman–Crippen LogP) is 3.16. The number of amides is 1. The number of nitrogens with zero attached hydrogens (tertiary/aromatic N) is 6. The first-order valence-corrected chi connectivity index (χ1v) is 11.0. The Bertz CT molecular complexity index is 1200. The fourth-order valence-corrected chi connectivity index (χ4v) is 4.03.